The molecule has 1 N–H and O–H groups in total. The van der Waals surface area contributed by atoms with E-state index in [2.05, 4.69) is 64.1 Å². The van der Waals surface area contributed by atoms with Crippen molar-refractivity contribution in [3.05, 3.63) is 16.0 Å². The lowest BCUT2D eigenvalue weighted by molar-refractivity contribution is 0.409. The molecule has 4 nitrogen and oxygen atoms in total. The molecule has 0 bridgehead atoms. The van der Waals surface area contributed by atoms with Crippen LogP contribution >= 0.6 is 15.9 Å². The average Bonchev–Trinajstić information content (AvgIpc) is 2.35. The van der Waals surface area contributed by atoms with Gasteiger partial charge in [0.15, 0.2) is 0 Å². The Kier molecular flexibility index (Phi) is 6.57. The van der Waals surface area contributed by atoms with Crippen LogP contribution in [0.15, 0.2) is 4.47 Å². The number of aryl methyl sites for hydroxylation is 1. The number of nitrogens with zero attached hydrogens (tertiary/aromatic N) is 3. The Morgan fingerprint density at radius 1 is 1.22 bits per heavy atom. The minimum atomic E-state index is 0.883. The molecule has 18 heavy (non-hydrogen) atoms. The van der Waals surface area contributed by atoms with Gasteiger partial charge in [-0.1, -0.05) is 13.8 Å². The van der Waals surface area contributed by atoms with Crippen LogP contribution in [-0.4, -0.2) is 42.1 Å². The molecule has 0 unspecified atom stereocenters. The van der Waals surface area contributed by atoms with Crippen molar-refractivity contribution in [1.82, 2.24) is 14.9 Å². The molecule has 1 heterocycles. The predicted octanol–water partition coefficient (Wildman–Crippen LogP) is 2.73. The molecule has 0 fully saturated rings. The van der Waals surface area contributed by atoms with Crippen molar-refractivity contribution in [3.63, 3.8) is 0 Å². The zero-order chi connectivity index (χ0) is 13.5. The third-order valence-corrected chi connectivity index (χ3v) is 3.46. The SMILES string of the molecule is CCCNc1nc(CCN(C)C)nc(CC)c1Br. The van der Waals surface area contributed by atoms with Crippen LogP contribution in [0.5, 0.6) is 0 Å². The van der Waals surface area contributed by atoms with Crippen molar-refractivity contribution in [2.24, 2.45) is 0 Å². The zero-order valence-corrected chi connectivity index (χ0v) is 13.3. The standard InChI is InChI=1S/C13H23BrN4/c1-5-8-15-13-12(14)10(6-2)16-11(17-13)7-9-18(3)4/h5-9H2,1-4H3,(H,15,16,17). The highest BCUT2D eigenvalue weighted by Gasteiger charge is 2.10. The molecule has 5 heteroatoms. The monoisotopic (exact) mass is 314 g/mol. The van der Waals surface area contributed by atoms with Gasteiger partial charge in [-0.05, 0) is 42.9 Å². The quantitative estimate of drug-likeness (QED) is 0.840. The maximum atomic E-state index is 4.61. The summed E-state index contributed by atoms with van der Waals surface area (Å²) in [7, 11) is 4.13. The summed E-state index contributed by atoms with van der Waals surface area (Å²) in [5.41, 5.74) is 1.08. The Labute approximate surface area is 118 Å². The Morgan fingerprint density at radius 2 is 1.94 bits per heavy atom. The number of aromatic nitrogens is 2. The molecule has 0 aromatic carbocycles. The van der Waals surface area contributed by atoms with Crippen LogP contribution in [0.25, 0.3) is 0 Å². The van der Waals surface area contributed by atoms with E-state index in [-0.39, 0.29) is 0 Å². The van der Waals surface area contributed by atoms with Crippen LogP contribution in [0.1, 0.15) is 31.8 Å². The molecule has 0 radical (unpaired) electrons. The molecule has 0 saturated carbocycles. The smallest absolute Gasteiger partial charge is 0.144 e. The third-order valence-electron chi connectivity index (χ3n) is 2.63. The molecule has 0 saturated heterocycles. The van der Waals surface area contributed by atoms with Crippen molar-refractivity contribution in [2.75, 3.05) is 32.5 Å². The van der Waals surface area contributed by atoms with E-state index in [1.165, 1.54) is 0 Å². The number of anilines is 1. The van der Waals surface area contributed by atoms with E-state index in [0.29, 0.717) is 0 Å². The third kappa shape index (κ3) is 4.53. The van der Waals surface area contributed by atoms with Gasteiger partial charge in [-0.15, -0.1) is 0 Å². The van der Waals surface area contributed by atoms with E-state index < -0.39 is 0 Å². The second-order valence-electron chi connectivity index (χ2n) is 4.58. The van der Waals surface area contributed by atoms with Gasteiger partial charge in [0.05, 0.1) is 10.2 Å². The fraction of sp³-hybridized carbons (Fsp3) is 0.692. The van der Waals surface area contributed by atoms with Crippen molar-refractivity contribution in [2.45, 2.75) is 33.1 Å². The molecular formula is C13H23BrN4. The largest absolute Gasteiger partial charge is 0.369 e. The van der Waals surface area contributed by atoms with Gasteiger partial charge in [-0.2, -0.15) is 0 Å². The molecule has 1 aromatic heterocycles. The maximum Gasteiger partial charge on any atom is 0.144 e. The molecule has 0 atom stereocenters. The van der Waals surface area contributed by atoms with Gasteiger partial charge in [0.2, 0.25) is 0 Å². The fourth-order valence-electron chi connectivity index (χ4n) is 1.57. The van der Waals surface area contributed by atoms with Gasteiger partial charge in [0.25, 0.3) is 0 Å². The highest BCUT2D eigenvalue weighted by atomic mass is 79.9. The Hall–Kier alpha value is -0.680. The molecule has 0 aliphatic heterocycles. The number of likely N-dealkylation sites (N-methyl/N-ethyl adjacent to an activating group) is 1. The van der Waals surface area contributed by atoms with Gasteiger partial charge in [-0.25, -0.2) is 9.97 Å². The zero-order valence-electron chi connectivity index (χ0n) is 11.8. The highest BCUT2D eigenvalue weighted by molar-refractivity contribution is 9.10. The summed E-state index contributed by atoms with van der Waals surface area (Å²) in [5.74, 6) is 1.85. The van der Waals surface area contributed by atoms with Crippen LogP contribution in [0.3, 0.4) is 0 Å². The topological polar surface area (TPSA) is 41.1 Å². The molecule has 1 aromatic rings. The average molecular weight is 315 g/mol. The minimum absolute atomic E-state index is 0.883. The summed E-state index contributed by atoms with van der Waals surface area (Å²) in [6.45, 7) is 6.17. The van der Waals surface area contributed by atoms with Crippen molar-refractivity contribution in [3.8, 4) is 0 Å². The summed E-state index contributed by atoms with van der Waals surface area (Å²) < 4.78 is 1.01. The first-order valence-corrected chi connectivity index (χ1v) is 7.31. The van der Waals surface area contributed by atoms with Gasteiger partial charge in [0.1, 0.15) is 11.6 Å². The first kappa shape index (κ1) is 15.4. The fourth-order valence-corrected chi connectivity index (χ4v) is 2.17. The summed E-state index contributed by atoms with van der Waals surface area (Å²) in [4.78, 5) is 11.4. The molecular weight excluding hydrogens is 292 g/mol. The van der Waals surface area contributed by atoms with Crippen molar-refractivity contribution >= 4 is 21.7 Å². The summed E-state index contributed by atoms with van der Waals surface area (Å²) in [6.07, 6.45) is 2.89. The number of hydrogen-bond donors (Lipinski definition) is 1. The van der Waals surface area contributed by atoms with Crippen LogP contribution < -0.4 is 5.32 Å². The van der Waals surface area contributed by atoms with E-state index in [1.807, 2.05) is 0 Å². The lowest BCUT2D eigenvalue weighted by Gasteiger charge is -2.13. The molecule has 0 amide bonds. The summed E-state index contributed by atoms with van der Waals surface area (Å²) in [6, 6.07) is 0. The molecule has 1 rings (SSSR count). The number of nitrogens with one attached hydrogen (secondary N) is 1. The Balaban J connectivity index is 2.90. The van der Waals surface area contributed by atoms with Gasteiger partial charge in [0, 0.05) is 19.5 Å². The second kappa shape index (κ2) is 7.69. The first-order valence-electron chi connectivity index (χ1n) is 6.52. The van der Waals surface area contributed by atoms with Crippen molar-refractivity contribution in [1.29, 1.82) is 0 Å². The number of halogens is 1. The van der Waals surface area contributed by atoms with Crippen LogP contribution in [-0.2, 0) is 12.8 Å². The number of rotatable bonds is 7. The van der Waals surface area contributed by atoms with Gasteiger partial charge in [-0.3, -0.25) is 0 Å². The van der Waals surface area contributed by atoms with E-state index in [9.17, 15) is 0 Å². The second-order valence-corrected chi connectivity index (χ2v) is 5.38. The lowest BCUT2D eigenvalue weighted by atomic mass is 10.3. The Morgan fingerprint density at radius 3 is 2.50 bits per heavy atom. The van der Waals surface area contributed by atoms with Crippen LogP contribution in [0, 0.1) is 0 Å². The van der Waals surface area contributed by atoms with E-state index in [0.717, 1.165) is 54.2 Å². The first-order chi connectivity index (χ1) is 8.58. The van der Waals surface area contributed by atoms with Crippen LogP contribution in [0.4, 0.5) is 5.82 Å². The molecule has 102 valence electrons. The van der Waals surface area contributed by atoms with Crippen molar-refractivity contribution < 1.29 is 0 Å². The Bertz CT molecular complexity index is 379. The van der Waals surface area contributed by atoms with E-state index in [4.69, 9.17) is 0 Å². The van der Waals surface area contributed by atoms with Crippen LogP contribution in [0.2, 0.25) is 0 Å². The predicted molar refractivity (Wildman–Crippen MR) is 80.1 cm³/mol. The van der Waals surface area contributed by atoms with Gasteiger partial charge < -0.3 is 10.2 Å². The number of hydrogen-bond acceptors (Lipinski definition) is 4. The minimum Gasteiger partial charge on any atom is -0.369 e. The highest BCUT2D eigenvalue weighted by Crippen LogP contribution is 2.24. The summed E-state index contributed by atoms with van der Waals surface area (Å²) >= 11 is 3.59. The molecule has 0 spiro atoms. The van der Waals surface area contributed by atoms with E-state index in [1.54, 1.807) is 0 Å². The normalized spacial score (nSPS) is 11.0. The molecule has 0 aliphatic rings. The molecule has 0 aliphatic carbocycles. The maximum absolute atomic E-state index is 4.61. The lowest BCUT2D eigenvalue weighted by Crippen LogP contribution is -2.17. The summed E-state index contributed by atoms with van der Waals surface area (Å²) in [5, 5.41) is 3.35. The van der Waals surface area contributed by atoms with Gasteiger partial charge >= 0.3 is 0 Å². The van der Waals surface area contributed by atoms with E-state index >= 15 is 0 Å².